The molecule has 0 amide bonds. The van der Waals surface area contributed by atoms with Crippen molar-refractivity contribution in [2.75, 3.05) is 0 Å². The smallest absolute Gasteiger partial charge is 0.318 e. The van der Waals surface area contributed by atoms with Gasteiger partial charge in [0, 0.05) is 0 Å². The molecule has 0 heterocycles. The summed E-state index contributed by atoms with van der Waals surface area (Å²) in [7, 11) is -2.68. The lowest BCUT2D eigenvalue weighted by Crippen LogP contribution is -2.31. The zero-order valence-electron chi connectivity index (χ0n) is 6.05. The first kappa shape index (κ1) is 9.09. The number of rotatable bonds is 4. The van der Waals surface area contributed by atoms with E-state index in [-0.39, 0.29) is 0 Å². The summed E-state index contributed by atoms with van der Waals surface area (Å²) >= 11 is 0. The molecule has 0 aliphatic carbocycles. The van der Waals surface area contributed by atoms with Crippen molar-refractivity contribution < 1.29 is 8.91 Å². The lowest BCUT2D eigenvalue weighted by atomic mass is 10.8. The van der Waals surface area contributed by atoms with Gasteiger partial charge in [0.25, 0.3) is 0 Å². The van der Waals surface area contributed by atoms with Gasteiger partial charge in [-0.15, -0.1) is 6.58 Å². The van der Waals surface area contributed by atoms with Crippen molar-refractivity contribution in [2.45, 2.75) is 19.1 Å². The standard InChI is InChI=1S/C5H14O2Si2/c1-4-5-8-7-9(2,3)6/h4,6H,1,5,8H2,2-3H3. The van der Waals surface area contributed by atoms with E-state index in [2.05, 4.69) is 6.58 Å². The van der Waals surface area contributed by atoms with Gasteiger partial charge >= 0.3 is 8.56 Å². The highest BCUT2D eigenvalue weighted by atomic mass is 28.4. The van der Waals surface area contributed by atoms with Gasteiger partial charge in [0.05, 0.1) is 0 Å². The lowest BCUT2D eigenvalue weighted by molar-refractivity contribution is 0.404. The van der Waals surface area contributed by atoms with Crippen molar-refractivity contribution in [1.82, 2.24) is 0 Å². The van der Waals surface area contributed by atoms with Crippen LogP contribution in [0.2, 0.25) is 19.1 Å². The highest BCUT2D eigenvalue weighted by molar-refractivity contribution is 6.68. The highest BCUT2D eigenvalue weighted by Crippen LogP contribution is 1.97. The van der Waals surface area contributed by atoms with Gasteiger partial charge in [-0.05, 0) is 19.1 Å². The van der Waals surface area contributed by atoms with Crippen LogP contribution in [0.25, 0.3) is 0 Å². The molecule has 0 atom stereocenters. The summed E-state index contributed by atoms with van der Waals surface area (Å²) in [5.41, 5.74) is 0. The highest BCUT2D eigenvalue weighted by Gasteiger charge is 2.16. The van der Waals surface area contributed by atoms with E-state index in [1.165, 1.54) is 0 Å². The third kappa shape index (κ3) is 8.09. The van der Waals surface area contributed by atoms with E-state index in [9.17, 15) is 0 Å². The maximum absolute atomic E-state index is 9.16. The van der Waals surface area contributed by atoms with Crippen LogP contribution < -0.4 is 0 Å². The third-order valence-corrected chi connectivity index (χ3v) is 5.06. The van der Waals surface area contributed by atoms with Crippen LogP contribution >= 0.6 is 0 Å². The van der Waals surface area contributed by atoms with E-state index in [4.69, 9.17) is 8.91 Å². The van der Waals surface area contributed by atoms with Gasteiger partial charge in [0.1, 0.15) is 0 Å². The fourth-order valence-electron chi connectivity index (χ4n) is 0.392. The fraction of sp³-hybridized carbons (Fsp3) is 0.600. The van der Waals surface area contributed by atoms with Crippen LogP contribution in [0.1, 0.15) is 0 Å². The van der Waals surface area contributed by atoms with Crippen molar-refractivity contribution in [1.29, 1.82) is 0 Å². The van der Waals surface area contributed by atoms with Crippen LogP contribution in [-0.2, 0) is 4.12 Å². The molecule has 4 heteroatoms. The molecule has 1 N–H and O–H groups in total. The first-order valence-corrected chi connectivity index (χ1v) is 7.47. The number of hydrogen-bond acceptors (Lipinski definition) is 2. The van der Waals surface area contributed by atoms with E-state index in [1.54, 1.807) is 13.1 Å². The minimum absolute atomic E-state index is 0.499. The Morgan fingerprint density at radius 1 is 1.78 bits per heavy atom. The van der Waals surface area contributed by atoms with Gasteiger partial charge in [-0.1, -0.05) is 6.08 Å². The Hall–Kier alpha value is 0.0938. The molecule has 9 heavy (non-hydrogen) atoms. The quantitative estimate of drug-likeness (QED) is 0.368. The summed E-state index contributed by atoms with van der Waals surface area (Å²) < 4.78 is 5.23. The monoisotopic (exact) mass is 162 g/mol. The van der Waals surface area contributed by atoms with Gasteiger partial charge in [-0.2, -0.15) is 0 Å². The van der Waals surface area contributed by atoms with E-state index in [0.29, 0.717) is 0 Å². The molecule has 0 aromatic rings. The Morgan fingerprint density at radius 2 is 2.33 bits per heavy atom. The first-order chi connectivity index (χ1) is 4.06. The van der Waals surface area contributed by atoms with Crippen LogP contribution in [-0.4, -0.2) is 23.1 Å². The molecule has 2 nitrogen and oxygen atoms in total. The Kier molecular flexibility index (Phi) is 4.04. The summed E-state index contributed by atoms with van der Waals surface area (Å²) in [5.74, 6) is 0. The van der Waals surface area contributed by atoms with Crippen molar-refractivity contribution in [3.05, 3.63) is 12.7 Å². The SMILES string of the molecule is C=CC[SiH2]O[Si](C)(C)O. The zero-order chi connectivity index (χ0) is 7.33. The van der Waals surface area contributed by atoms with Crippen LogP contribution in [0.15, 0.2) is 12.7 Å². The van der Waals surface area contributed by atoms with Crippen molar-refractivity contribution in [3.63, 3.8) is 0 Å². The molecule has 0 aromatic heterocycles. The molecule has 0 aliphatic rings. The molecule has 0 bridgehead atoms. The molecule has 54 valence electrons. The lowest BCUT2D eigenvalue weighted by Gasteiger charge is -2.13. The molecule has 0 saturated heterocycles. The van der Waals surface area contributed by atoms with Gasteiger partial charge in [-0.3, -0.25) is 0 Å². The van der Waals surface area contributed by atoms with Gasteiger partial charge in [0.2, 0.25) is 0 Å². The largest absolute Gasteiger partial charge is 0.441 e. The first-order valence-electron chi connectivity index (χ1n) is 3.03. The van der Waals surface area contributed by atoms with Crippen LogP contribution in [0.4, 0.5) is 0 Å². The van der Waals surface area contributed by atoms with E-state index >= 15 is 0 Å². The molecule has 0 fully saturated rings. The number of allylic oxidation sites excluding steroid dienone is 1. The summed E-state index contributed by atoms with van der Waals surface area (Å²) in [6, 6.07) is 0.955. The minimum Gasteiger partial charge on any atom is -0.441 e. The second-order valence-electron chi connectivity index (χ2n) is 2.37. The fourth-order valence-corrected chi connectivity index (χ4v) is 3.03. The molecule has 0 aliphatic heterocycles. The third-order valence-electron chi connectivity index (χ3n) is 0.777. The second kappa shape index (κ2) is 4.00. The van der Waals surface area contributed by atoms with Crippen molar-refractivity contribution >= 4 is 18.3 Å². The Bertz CT molecular complexity index is 87.4. The molecule has 0 unspecified atom stereocenters. The van der Waals surface area contributed by atoms with E-state index in [1.807, 2.05) is 6.08 Å². The van der Waals surface area contributed by atoms with Crippen LogP contribution in [0.3, 0.4) is 0 Å². The van der Waals surface area contributed by atoms with Gasteiger partial charge in [-0.25, -0.2) is 0 Å². The topological polar surface area (TPSA) is 29.5 Å². The molecule has 0 rings (SSSR count). The molecule has 0 spiro atoms. The molecular formula is C5H14O2Si2. The predicted molar refractivity (Wildman–Crippen MR) is 44.3 cm³/mol. The summed E-state index contributed by atoms with van der Waals surface area (Å²) in [4.78, 5) is 9.16. The normalized spacial score (nSPS) is 12.8. The summed E-state index contributed by atoms with van der Waals surface area (Å²) in [6.45, 7) is 7.13. The Balaban J connectivity index is 3.17. The Morgan fingerprint density at radius 3 is 2.67 bits per heavy atom. The van der Waals surface area contributed by atoms with Gasteiger partial charge < -0.3 is 8.91 Å². The minimum atomic E-state index is -2.18. The molecular weight excluding hydrogens is 148 g/mol. The molecule has 0 radical (unpaired) electrons. The van der Waals surface area contributed by atoms with E-state index < -0.39 is 18.3 Å². The maximum Gasteiger partial charge on any atom is 0.318 e. The van der Waals surface area contributed by atoms with Crippen LogP contribution in [0, 0.1) is 0 Å². The van der Waals surface area contributed by atoms with Crippen LogP contribution in [0.5, 0.6) is 0 Å². The summed E-state index contributed by atoms with van der Waals surface area (Å²) in [6.07, 6.45) is 1.84. The van der Waals surface area contributed by atoms with Gasteiger partial charge in [0.15, 0.2) is 9.76 Å². The van der Waals surface area contributed by atoms with Crippen molar-refractivity contribution in [2.24, 2.45) is 0 Å². The van der Waals surface area contributed by atoms with E-state index in [0.717, 1.165) is 6.04 Å². The molecule has 0 saturated carbocycles. The second-order valence-corrected chi connectivity index (χ2v) is 7.41. The Labute approximate surface area is 59.7 Å². The van der Waals surface area contributed by atoms with Crippen molar-refractivity contribution in [3.8, 4) is 0 Å². The predicted octanol–water partition coefficient (Wildman–Crippen LogP) is 0.385. The maximum atomic E-state index is 9.16. The number of hydrogen-bond donors (Lipinski definition) is 1. The summed E-state index contributed by atoms with van der Waals surface area (Å²) in [5, 5.41) is 0. The average molecular weight is 162 g/mol. The average Bonchev–Trinajstić information content (AvgIpc) is 1.63. The molecule has 0 aromatic carbocycles. The zero-order valence-corrected chi connectivity index (χ0v) is 8.47.